The van der Waals surface area contributed by atoms with E-state index in [2.05, 4.69) is 30.6 Å². The van der Waals surface area contributed by atoms with Gasteiger partial charge in [0.2, 0.25) is 0 Å². The van der Waals surface area contributed by atoms with E-state index < -0.39 is 0 Å². The average Bonchev–Trinajstić information content (AvgIpc) is 2.69. The molecule has 3 rings (SSSR count). The number of nitrogens with two attached hydrogens (primary N) is 1. The number of anilines is 1. The molecule has 0 aliphatic rings. The molecule has 1 amide bonds. The fourth-order valence-corrected chi connectivity index (χ4v) is 2.51. The number of nitrogens with zero attached hydrogens (tertiary/aromatic N) is 4. The number of nitrogens with one attached hydrogen (secondary N) is 2. The molecular weight excluding hydrogens is 342 g/mol. The molecule has 138 valence electrons. The maximum absolute atomic E-state index is 11.9. The SMILES string of the molecule is CNC(=O)c1nc(-c2cccc(CNCc3cnc(C)cn3)c2)cnc1N. The normalized spacial score (nSPS) is 10.6. The van der Waals surface area contributed by atoms with E-state index in [9.17, 15) is 4.79 Å². The topological polar surface area (TPSA) is 119 Å². The van der Waals surface area contributed by atoms with Crippen molar-refractivity contribution in [2.45, 2.75) is 20.0 Å². The number of hydrogen-bond donors (Lipinski definition) is 3. The van der Waals surface area contributed by atoms with Crippen molar-refractivity contribution < 1.29 is 4.79 Å². The Morgan fingerprint density at radius 1 is 1.11 bits per heavy atom. The van der Waals surface area contributed by atoms with E-state index >= 15 is 0 Å². The molecule has 4 N–H and O–H groups in total. The van der Waals surface area contributed by atoms with Crippen LogP contribution in [0.2, 0.25) is 0 Å². The summed E-state index contributed by atoms with van der Waals surface area (Å²) in [5.74, 6) is -0.256. The number of carbonyl (C=O) groups is 1. The van der Waals surface area contributed by atoms with Crippen molar-refractivity contribution in [2.24, 2.45) is 0 Å². The average molecular weight is 363 g/mol. The standard InChI is InChI=1S/C19H21N7O/c1-12-7-24-15(10-23-12)9-22-8-13-4-3-5-14(6-13)16-11-25-18(20)17(26-16)19(27)21-2/h3-7,10-11,22H,8-9H2,1-2H3,(H2,20,25)(H,21,27). The first kappa shape index (κ1) is 18.4. The van der Waals surface area contributed by atoms with Crippen molar-refractivity contribution in [3.63, 3.8) is 0 Å². The molecule has 0 bridgehead atoms. The number of nitrogen functional groups attached to an aromatic ring is 1. The number of aryl methyl sites for hydroxylation is 1. The van der Waals surface area contributed by atoms with Gasteiger partial charge in [-0.2, -0.15) is 0 Å². The van der Waals surface area contributed by atoms with E-state index in [4.69, 9.17) is 5.73 Å². The smallest absolute Gasteiger partial charge is 0.273 e. The largest absolute Gasteiger partial charge is 0.382 e. The summed E-state index contributed by atoms with van der Waals surface area (Å²) in [6, 6.07) is 7.88. The lowest BCUT2D eigenvalue weighted by molar-refractivity contribution is 0.0959. The van der Waals surface area contributed by atoms with Gasteiger partial charge in [-0.15, -0.1) is 0 Å². The first-order valence-electron chi connectivity index (χ1n) is 8.49. The Balaban J connectivity index is 1.72. The van der Waals surface area contributed by atoms with Crippen LogP contribution in [0.3, 0.4) is 0 Å². The molecule has 1 aromatic carbocycles. The maximum Gasteiger partial charge on any atom is 0.273 e. The second-order valence-corrected chi connectivity index (χ2v) is 6.02. The van der Waals surface area contributed by atoms with Gasteiger partial charge in [-0.25, -0.2) is 9.97 Å². The van der Waals surface area contributed by atoms with Crippen molar-refractivity contribution in [3.8, 4) is 11.3 Å². The minimum absolute atomic E-state index is 0.107. The predicted molar refractivity (Wildman–Crippen MR) is 103 cm³/mol. The van der Waals surface area contributed by atoms with Crippen LogP contribution in [0.15, 0.2) is 42.9 Å². The van der Waals surface area contributed by atoms with Crippen molar-refractivity contribution in [2.75, 3.05) is 12.8 Å². The summed E-state index contributed by atoms with van der Waals surface area (Å²) < 4.78 is 0. The molecule has 27 heavy (non-hydrogen) atoms. The van der Waals surface area contributed by atoms with Gasteiger partial charge in [-0.1, -0.05) is 18.2 Å². The van der Waals surface area contributed by atoms with Crippen LogP contribution < -0.4 is 16.4 Å². The van der Waals surface area contributed by atoms with Gasteiger partial charge >= 0.3 is 0 Å². The Hall–Kier alpha value is -3.39. The van der Waals surface area contributed by atoms with Gasteiger partial charge in [-0.3, -0.25) is 14.8 Å². The molecule has 0 atom stereocenters. The molecule has 0 unspecified atom stereocenters. The maximum atomic E-state index is 11.9. The third-order valence-corrected chi connectivity index (χ3v) is 3.94. The van der Waals surface area contributed by atoms with Crippen molar-refractivity contribution in [1.29, 1.82) is 0 Å². The summed E-state index contributed by atoms with van der Waals surface area (Å²) >= 11 is 0. The van der Waals surface area contributed by atoms with E-state index in [1.54, 1.807) is 18.6 Å². The van der Waals surface area contributed by atoms with Gasteiger partial charge in [0.25, 0.3) is 5.91 Å². The molecule has 2 aromatic heterocycles. The number of aromatic nitrogens is 4. The number of hydrogen-bond acceptors (Lipinski definition) is 7. The number of rotatable bonds is 6. The van der Waals surface area contributed by atoms with Crippen molar-refractivity contribution in [3.05, 3.63) is 65.5 Å². The Bertz CT molecular complexity index is 941. The van der Waals surface area contributed by atoms with Gasteiger partial charge in [0.1, 0.15) is 0 Å². The quantitative estimate of drug-likeness (QED) is 0.607. The van der Waals surface area contributed by atoms with Crippen LogP contribution >= 0.6 is 0 Å². The second kappa shape index (κ2) is 8.33. The molecule has 8 heteroatoms. The highest BCUT2D eigenvalue weighted by Crippen LogP contribution is 2.20. The molecule has 8 nitrogen and oxygen atoms in total. The molecule has 0 radical (unpaired) electrons. The highest BCUT2D eigenvalue weighted by Gasteiger charge is 2.13. The Kier molecular flexibility index (Phi) is 5.68. The van der Waals surface area contributed by atoms with E-state index in [1.165, 1.54) is 7.05 Å². The Labute approximate surface area is 157 Å². The highest BCUT2D eigenvalue weighted by atomic mass is 16.1. The van der Waals surface area contributed by atoms with Crippen LogP contribution in [0.1, 0.15) is 27.4 Å². The number of benzene rings is 1. The molecule has 0 saturated carbocycles. The minimum atomic E-state index is -0.362. The summed E-state index contributed by atoms with van der Waals surface area (Å²) in [7, 11) is 1.53. The monoisotopic (exact) mass is 363 g/mol. The zero-order valence-electron chi connectivity index (χ0n) is 15.2. The molecule has 0 aliphatic heterocycles. The summed E-state index contributed by atoms with van der Waals surface area (Å²) in [4.78, 5) is 28.9. The zero-order valence-corrected chi connectivity index (χ0v) is 15.2. The highest BCUT2D eigenvalue weighted by molar-refractivity contribution is 5.96. The molecule has 0 fully saturated rings. The number of amides is 1. The lowest BCUT2D eigenvalue weighted by Crippen LogP contribution is -2.21. The van der Waals surface area contributed by atoms with Crippen LogP contribution in [0.25, 0.3) is 11.3 Å². The number of carbonyl (C=O) groups excluding carboxylic acids is 1. The summed E-state index contributed by atoms with van der Waals surface area (Å²) in [5.41, 5.74) is 10.2. The lowest BCUT2D eigenvalue weighted by Gasteiger charge is -2.09. The third-order valence-electron chi connectivity index (χ3n) is 3.94. The van der Waals surface area contributed by atoms with Crippen LogP contribution in [0.4, 0.5) is 5.82 Å². The zero-order chi connectivity index (χ0) is 19.2. The summed E-state index contributed by atoms with van der Waals surface area (Å²) in [5, 5.41) is 5.86. The fourth-order valence-electron chi connectivity index (χ4n) is 2.51. The van der Waals surface area contributed by atoms with E-state index in [1.807, 2.05) is 31.2 Å². The Morgan fingerprint density at radius 2 is 1.96 bits per heavy atom. The van der Waals surface area contributed by atoms with Gasteiger partial charge in [0.15, 0.2) is 11.5 Å². The van der Waals surface area contributed by atoms with Crippen LogP contribution in [0, 0.1) is 6.92 Å². The second-order valence-electron chi connectivity index (χ2n) is 6.02. The fraction of sp³-hybridized carbons (Fsp3) is 0.211. The van der Waals surface area contributed by atoms with Gasteiger partial charge < -0.3 is 16.4 Å². The van der Waals surface area contributed by atoms with Crippen LogP contribution in [-0.2, 0) is 13.1 Å². The van der Waals surface area contributed by atoms with Gasteiger partial charge in [-0.05, 0) is 18.6 Å². The molecule has 0 spiro atoms. The first-order chi connectivity index (χ1) is 13.1. The van der Waals surface area contributed by atoms with Crippen molar-refractivity contribution >= 4 is 11.7 Å². The molecule has 2 heterocycles. The predicted octanol–water partition coefficient (Wildman–Crippen LogP) is 1.47. The first-order valence-corrected chi connectivity index (χ1v) is 8.49. The molecule has 0 aliphatic carbocycles. The third kappa shape index (κ3) is 4.62. The lowest BCUT2D eigenvalue weighted by atomic mass is 10.1. The molecule has 3 aromatic rings. The molecular formula is C19H21N7O. The summed E-state index contributed by atoms with van der Waals surface area (Å²) in [6.07, 6.45) is 5.08. The minimum Gasteiger partial charge on any atom is -0.382 e. The van der Waals surface area contributed by atoms with Gasteiger partial charge in [0.05, 0.1) is 23.3 Å². The van der Waals surface area contributed by atoms with E-state index in [-0.39, 0.29) is 17.4 Å². The molecule has 0 saturated heterocycles. The van der Waals surface area contributed by atoms with E-state index in [0.717, 1.165) is 22.5 Å². The van der Waals surface area contributed by atoms with Crippen LogP contribution in [-0.4, -0.2) is 32.9 Å². The van der Waals surface area contributed by atoms with Crippen molar-refractivity contribution in [1.82, 2.24) is 30.6 Å². The summed E-state index contributed by atoms with van der Waals surface area (Å²) in [6.45, 7) is 3.19. The van der Waals surface area contributed by atoms with E-state index in [0.29, 0.717) is 18.8 Å². The van der Waals surface area contributed by atoms with Crippen LogP contribution in [0.5, 0.6) is 0 Å². The van der Waals surface area contributed by atoms with Gasteiger partial charge in [0, 0.05) is 38.1 Å². The Morgan fingerprint density at radius 3 is 2.70 bits per heavy atom.